The van der Waals surface area contributed by atoms with Crippen molar-refractivity contribution in [2.45, 2.75) is 44.8 Å². The van der Waals surface area contributed by atoms with Crippen LogP contribution in [0.4, 0.5) is 4.79 Å². The summed E-state index contributed by atoms with van der Waals surface area (Å²) in [5.41, 5.74) is 4.75. The maximum atomic E-state index is 12.9. The molecule has 3 aromatic rings. The minimum Gasteiger partial charge on any atom is -0.497 e. The first-order valence-electron chi connectivity index (χ1n) is 11.7. The van der Waals surface area contributed by atoms with E-state index in [1.165, 1.54) is 0 Å². The minimum absolute atomic E-state index is 0.0604. The molecule has 1 aliphatic carbocycles. The highest BCUT2D eigenvalue weighted by Crippen LogP contribution is 2.44. The highest BCUT2D eigenvalue weighted by molar-refractivity contribution is 5.82. The second-order valence-corrected chi connectivity index (χ2v) is 9.61. The molecule has 1 N–H and O–H groups in total. The van der Waals surface area contributed by atoms with Gasteiger partial charge in [-0.05, 0) is 60.7 Å². The van der Waals surface area contributed by atoms with Gasteiger partial charge in [0.2, 0.25) is 0 Å². The van der Waals surface area contributed by atoms with Crippen molar-refractivity contribution in [2.24, 2.45) is 0 Å². The molecular formula is C29H31NO5. The first-order valence-corrected chi connectivity index (χ1v) is 11.7. The Bertz CT molecular complexity index is 1150. The average Bonchev–Trinajstić information content (AvgIpc) is 3.15. The number of amides is 1. The molecule has 182 valence electrons. The molecule has 4 rings (SSSR count). The number of hydrogen-bond acceptors (Lipinski definition) is 5. The number of rotatable bonds is 7. The maximum absolute atomic E-state index is 12.9. The van der Waals surface area contributed by atoms with Crippen LogP contribution in [0, 0.1) is 0 Å². The van der Waals surface area contributed by atoms with Gasteiger partial charge >= 0.3 is 12.1 Å². The van der Waals surface area contributed by atoms with E-state index in [1.807, 2.05) is 48.5 Å². The summed E-state index contributed by atoms with van der Waals surface area (Å²) in [6, 6.07) is 22.8. The van der Waals surface area contributed by atoms with E-state index >= 15 is 0 Å². The molecule has 0 bridgehead atoms. The van der Waals surface area contributed by atoms with Gasteiger partial charge in [-0.3, -0.25) is 0 Å². The van der Waals surface area contributed by atoms with Gasteiger partial charge in [0.15, 0.2) is 0 Å². The van der Waals surface area contributed by atoms with Gasteiger partial charge in [0.25, 0.3) is 0 Å². The van der Waals surface area contributed by atoms with E-state index in [4.69, 9.17) is 14.2 Å². The topological polar surface area (TPSA) is 73.9 Å². The second kappa shape index (κ2) is 10.2. The largest absolute Gasteiger partial charge is 0.497 e. The Kier molecular flexibility index (Phi) is 7.10. The molecule has 0 heterocycles. The highest BCUT2D eigenvalue weighted by Gasteiger charge is 2.31. The van der Waals surface area contributed by atoms with Crippen LogP contribution in [-0.4, -0.2) is 37.4 Å². The number of fused-ring (bicyclic) bond motifs is 3. The SMILES string of the molecule is COc1ccc(C[C@H](NC(=O)OCC2c3ccccc3-c3ccccc32)C(=O)OC(C)(C)C)cc1. The van der Waals surface area contributed by atoms with Crippen LogP contribution in [0.25, 0.3) is 11.1 Å². The van der Waals surface area contributed by atoms with E-state index in [2.05, 4.69) is 29.6 Å². The lowest BCUT2D eigenvalue weighted by Gasteiger charge is -2.25. The average molecular weight is 474 g/mol. The monoisotopic (exact) mass is 473 g/mol. The van der Waals surface area contributed by atoms with Crippen molar-refractivity contribution in [3.05, 3.63) is 89.5 Å². The van der Waals surface area contributed by atoms with Crippen LogP contribution in [0.15, 0.2) is 72.8 Å². The number of hydrogen-bond donors (Lipinski definition) is 1. The summed E-state index contributed by atoms with van der Waals surface area (Å²) in [5.74, 6) is 0.142. The van der Waals surface area contributed by atoms with Gasteiger partial charge in [0.1, 0.15) is 24.0 Å². The molecule has 1 amide bonds. The summed E-state index contributed by atoms with van der Waals surface area (Å²) >= 11 is 0. The van der Waals surface area contributed by atoms with Crippen molar-refractivity contribution >= 4 is 12.1 Å². The number of nitrogens with one attached hydrogen (secondary N) is 1. The van der Waals surface area contributed by atoms with Crippen molar-refractivity contribution in [1.82, 2.24) is 5.32 Å². The maximum Gasteiger partial charge on any atom is 0.407 e. The van der Waals surface area contributed by atoms with Gasteiger partial charge in [-0.2, -0.15) is 0 Å². The van der Waals surface area contributed by atoms with Crippen LogP contribution in [0.1, 0.15) is 43.4 Å². The first kappa shape index (κ1) is 24.3. The van der Waals surface area contributed by atoms with E-state index in [0.717, 1.165) is 27.8 Å². The summed E-state index contributed by atoms with van der Waals surface area (Å²) in [5, 5.41) is 2.72. The lowest BCUT2D eigenvalue weighted by Crippen LogP contribution is -2.46. The van der Waals surface area contributed by atoms with Gasteiger partial charge < -0.3 is 19.5 Å². The van der Waals surface area contributed by atoms with E-state index in [-0.39, 0.29) is 18.9 Å². The van der Waals surface area contributed by atoms with Crippen LogP contribution in [0.5, 0.6) is 5.75 Å². The summed E-state index contributed by atoms with van der Waals surface area (Å²) in [7, 11) is 1.59. The number of methoxy groups -OCH3 is 1. The third-order valence-corrected chi connectivity index (χ3v) is 5.93. The van der Waals surface area contributed by atoms with Crippen molar-refractivity contribution < 1.29 is 23.8 Å². The molecule has 0 fully saturated rings. The van der Waals surface area contributed by atoms with Crippen LogP contribution in [0.3, 0.4) is 0 Å². The molecule has 0 unspecified atom stereocenters. The number of ether oxygens (including phenoxy) is 3. The Hall–Kier alpha value is -3.80. The summed E-state index contributed by atoms with van der Waals surface area (Å²) in [6.45, 7) is 5.55. The zero-order chi connectivity index (χ0) is 25.0. The molecule has 6 heteroatoms. The van der Waals surface area contributed by atoms with Gasteiger partial charge in [0.05, 0.1) is 7.11 Å². The summed E-state index contributed by atoms with van der Waals surface area (Å²) in [4.78, 5) is 25.7. The molecule has 35 heavy (non-hydrogen) atoms. The van der Waals surface area contributed by atoms with Gasteiger partial charge in [-0.25, -0.2) is 9.59 Å². The van der Waals surface area contributed by atoms with Gasteiger partial charge in [0, 0.05) is 12.3 Å². The number of alkyl carbamates (subject to hydrolysis) is 1. The first-order chi connectivity index (χ1) is 16.7. The molecule has 0 saturated heterocycles. The lowest BCUT2D eigenvalue weighted by atomic mass is 9.98. The van der Waals surface area contributed by atoms with Crippen molar-refractivity contribution in [2.75, 3.05) is 13.7 Å². The molecule has 0 aliphatic heterocycles. The van der Waals surface area contributed by atoms with Crippen LogP contribution in [0.2, 0.25) is 0 Å². The van der Waals surface area contributed by atoms with Crippen LogP contribution in [-0.2, 0) is 20.7 Å². The fraction of sp³-hybridized carbons (Fsp3) is 0.310. The Balaban J connectivity index is 1.46. The molecule has 3 aromatic carbocycles. The molecule has 1 atom stereocenters. The third-order valence-electron chi connectivity index (χ3n) is 5.93. The Morgan fingerprint density at radius 1 is 0.886 bits per heavy atom. The Morgan fingerprint density at radius 3 is 2.00 bits per heavy atom. The van der Waals surface area contributed by atoms with Crippen molar-refractivity contribution in [3.8, 4) is 16.9 Å². The number of carbonyl (C=O) groups is 2. The van der Waals surface area contributed by atoms with Gasteiger partial charge in [-0.1, -0.05) is 60.7 Å². The van der Waals surface area contributed by atoms with Crippen LogP contribution >= 0.6 is 0 Å². The molecular weight excluding hydrogens is 442 g/mol. The smallest absolute Gasteiger partial charge is 0.407 e. The molecule has 0 saturated carbocycles. The summed E-state index contributed by atoms with van der Waals surface area (Å²) < 4.78 is 16.4. The molecule has 0 spiro atoms. The third kappa shape index (κ3) is 5.83. The Labute approximate surface area is 206 Å². The zero-order valence-corrected chi connectivity index (χ0v) is 20.5. The second-order valence-electron chi connectivity index (χ2n) is 9.61. The number of benzene rings is 3. The van der Waals surface area contributed by atoms with E-state index in [1.54, 1.807) is 27.9 Å². The molecule has 0 radical (unpaired) electrons. The normalized spacial score (nSPS) is 13.4. The summed E-state index contributed by atoms with van der Waals surface area (Å²) in [6.07, 6.45) is -0.389. The molecule has 1 aliphatic rings. The lowest BCUT2D eigenvalue weighted by molar-refractivity contribution is -0.157. The fourth-order valence-electron chi connectivity index (χ4n) is 4.35. The predicted molar refractivity (Wildman–Crippen MR) is 135 cm³/mol. The fourth-order valence-corrected chi connectivity index (χ4v) is 4.35. The number of carbonyl (C=O) groups excluding carboxylic acids is 2. The van der Waals surface area contributed by atoms with E-state index < -0.39 is 23.7 Å². The molecule has 0 aromatic heterocycles. The standard InChI is InChI=1S/C29H31NO5/c1-29(2,3)35-27(31)26(17-19-13-15-20(33-4)16-14-19)30-28(32)34-18-25-23-11-7-5-9-21(23)22-10-6-8-12-24(22)25/h5-16,25-26H,17-18H2,1-4H3,(H,30,32)/t26-/m0/s1. The van der Waals surface area contributed by atoms with E-state index in [9.17, 15) is 9.59 Å². The Morgan fingerprint density at radius 2 is 1.46 bits per heavy atom. The van der Waals surface area contributed by atoms with Crippen LogP contribution < -0.4 is 10.1 Å². The van der Waals surface area contributed by atoms with Crippen molar-refractivity contribution in [1.29, 1.82) is 0 Å². The predicted octanol–water partition coefficient (Wildman–Crippen LogP) is 5.49. The number of esters is 1. The van der Waals surface area contributed by atoms with E-state index in [0.29, 0.717) is 5.75 Å². The quantitative estimate of drug-likeness (QED) is 0.460. The van der Waals surface area contributed by atoms with Crippen molar-refractivity contribution in [3.63, 3.8) is 0 Å². The van der Waals surface area contributed by atoms with Gasteiger partial charge in [-0.15, -0.1) is 0 Å². The zero-order valence-electron chi connectivity index (χ0n) is 20.5. The minimum atomic E-state index is -0.890. The highest BCUT2D eigenvalue weighted by atomic mass is 16.6. The molecule has 6 nitrogen and oxygen atoms in total.